The van der Waals surface area contributed by atoms with E-state index in [0.29, 0.717) is 50.8 Å². The molecule has 1 aliphatic rings. The summed E-state index contributed by atoms with van der Waals surface area (Å²) in [7, 11) is 1.54. The van der Waals surface area contributed by atoms with Crippen LogP contribution in [-0.4, -0.2) is 34.0 Å². The maximum absolute atomic E-state index is 13.2. The zero-order valence-corrected chi connectivity index (χ0v) is 24.0. The molecule has 0 fully saturated rings. The Kier molecular flexibility index (Phi) is 8.72. The van der Waals surface area contributed by atoms with Gasteiger partial charge in [-0.15, -0.1) is 10.2 Å². The number of rotatable bonds is 9. The lowest BCUT2D eigenvalue weighted by molar-refractivity contribution is -0.118. The van der Waals surface area contributed by atoms with Crippen molar-refractivity contribution in [2.45, 2.75) is 44.7 Å². The van der Waals surface area contributed by atoms with Crippen molar-refractivity contribution in [2.75, 3.05) is 17.8 Å². The third kappa shape index (κ3) is 5.85. The highest BCUT2D eigenvalue weighted by molar-refractivity contribution is 7.99. The predicted molar refractivity (Wildman–Crippen MR) is 156 cm³/mol. The second kappa shape index (κ2) is 12.6. The van der Waals surface area contributed by atoms with Gasteiger partial charge in [0.15, 0.2) is 17.2 Å². The van der Waals surface area contributed by atoms with Gasteiger partial charge in [0.1, 0.15) is 6.61 Å². The highest BCUT2D eigenvalue weighted by Gasteiger charge is 2.35. The number of halogens is 1. The zero-order chi connectivity index (χ0) is 28.1. The summed E-state index contributed by atoms with van der Waals surface area (Å²) < 4.78 is 18.2. The molecule has 206 valence electrons. The number of aromatic nitrogens is 3. The molecule has 5 rings (SSSR count). The average molecular weight is 577 g/mol. The Bertz CT molecular complexity index is 1500. The molecule has 0 unspecified atom stereocenters. The first-order chi connectivity index (χ1) is 19.5. The lowest BCUT2D eigenvalue weighted by Crippen LogP contribution is -2.36. The topological polar surface area (TPSA) is 86.7 Å². The van der Waals surface area contributed by atoms with Gasteiger partial charge < -0.3 is 14.2 Å². The van der Waals surface area contributed by atoms with E-state index >= 15 is 0 Å². The number of thioether (sulfide) groups is 1. The maximum Gasteiger partial charge on any atom is 0.247 e. The Morgan fingerprint density at radius 1 is 1.10 bits per heavy atom. The molecule has 1 atom stereocenters. The van der Waals surface area contributed by atoms with Crippen LogP contribution in [0, 0.1) is 0 Å². The van der Waals surface area contributed by atoms with Gasteiger partial charge in [0.2, 0.25) is 23.2 Å². The number of carbonyl (C=O) groups excluding carboxylic acids is 1. The van der Waals surface area contributed by atoms with Crippen LogP contribution < -0.4 is 19.1 Å². The molecule has 8 nitrogen and oxygen atoms in total. The SMILES string of the molecule is CCCCSc1nnc2c(n1)O[C@@H](c1cc(Cl)c(OCc3ccccc3)c(OC)c1)N(C(C)=O)c1ccccc1-2. The minimum Gasteiger partial charge on any atom is -0.493 e. The number of carbonyl (C=O) groups is 1. The van der Waals surface area contributed by atoms with Crippen LogP contribution in [-0.2, 0) is 11.4 Å². The minimum atomic E-state index is -0.903. The van der Waals surface area contributed by atoms with Crippen LogP contribution in [0.5, 0.6) is 17.4 Å². The molecule has 0 radical (unpaired) electrons. The Morgan fingerprint density at radius 2 is 1.88 bits per heavy atom. The zero-order valence-electron chi connectivity index (χ0n) is 22.5. The Balaban J connectivity index is 1.57. The number of fused-ring (bicyclic) bond motifs is 3. The summed E-state index contributed by atoms with van der Waals surface area (Å²) in [6.07, 6.45) is 1.20. The van der Waals surface area contributed by atoms with Gasteiger partial charge >= 0.3 is 0 Å². The fraction of sp³-hybridized carbons (Fsp3) is 0.267. The number of unbranched alkanes of at least 4 members (excludes halogenated alkanes) is 1. The molecule has 0 saturated heterocycles. The van der Waals surface area contributed by atoms with Gasteiger partial charge in [-0.25, -0.2) is 0 Å². The third-order valence-electron chi connectivity index (χ3n) is 6.34. The van der Waals surface area contributed by atoms with Crippen molar-refractivity contribution < 1.29 is 19.0 Å². The number of nitrogens with zero attached hydrogens (tertiary/aromatic N) is 4. The summed E-state index contributed by atoms with van der Waals surface area (Å²) in [6, 6.07) is 20.8. The fourth-order valence-electron chi connectivity index (χ4n) is 4.39. The van der Waals surface area contributed by atoms with Crippen molar-refractivity contribution in [2.24, 2.45) is 0 Å². The summed E-state index contributed by atoms with van der Waals surface area (Å²) in [5.74, 6) is 1.75. The molecule has 10 heteroatoms. The normalized spacial score (nSPS) is 14.0. The molecule has 1 amide bonds. The fourth-order valence-corrected chi connectivity index (χ4v) is 5.53. The molecule has 0 bridgehead atoms. The summed E-state index contributed by atoms with van der Waals surface area (Å²) in [6.45, 7) is 3.94. The van der Waals surface area contributed by atoms with Crippen molar-refractivity contribution >= 4 is 35.0 Å². The number of ether oxygens (including phenoxy) is 3. The standard InChI is InChI=1S/C30H29ClN4O4S/c1-4-5-15-40-30-32-28-26(33-34-30)22-13-9-10-14-24(22)35(19(2)36)29(39-28)21-16-23(31)27(25(17-21)37-3)38-18-20-11-7-6-8-12-20/h6-14,16-17,29H,4-5,15,18H2,1-3H3/t29-/m0/s1. The Morgan fingerprint density at radius 3 is 2.62 bits per heavy atom. The van der Waals surface area contributed by atoms with Crippen molar-refractivity contribution in [3.63, 3.8) is 0 Å². The molecule has 2 heterocycles. The molecular weight excluding hydrogens is 548 g/mol. The summed E-state index contributed by atoms with van der Waals surface area (Å²) in [5, 5.41) is 9.64. The summed E-state index contributed by atoms with van der Waals surface area (Å²) in [4.78, 5) is 19.4. The molecule has 40 heavy (non-hydrogen) atoms. The second-order valence-corrected chi connectivity index (χ2v) is 10.6. The first kappa shape index (κ1) is 27.7. The van der Waals surface area contributed by atoms with Gasteiger partial charge in [0.05, 0.1) is 17.8 Å². The van der Waals surface area contributed by atoms with E-state index in [9.17, 15) is 4.79 Å². The van der Waals surface area contributed by atoms with E-state index in [1.807, 2.05) is 54.6 Å². The van der Waals surface area contributed by atoms with E-state index < -0.39 is 6.23 Å². The van der Waals surface area contributed by atoms with E-state index in [4.69, 9.17) is 30.8 Å². The highest BCUT2D eigenvalue weighted by atomic mass is 35.5. The smallest absolute Gasteiger partial charge is 0.247 e. The van der Waals surface area contributed by atoms with E-state index in [1.54, 1.807) is 24.1 Å². The van der Waals surface area contributed by atoms with Crippen LogP contribution in [0.4, 0.5) is 5.69 Å². The van der Waals surface area contributed by atoms with Crippen LogP contribution in [0.25, 0.3) is 11.3 Å². The second-order valence-electron chi connectivity index (χ2n) is 9.13. The Hall–Kier alpha value is -3.82. The molecule has 0 saturated carbocycles. The molecule has 0 spiro atoms. The van der Waals surface area contributed by atoms with Gasteiger partial charge in [-0.1, -0.05) is 85.2 Å². The summed E-state index contributed by atoms with van der Waals surface area (Å²) >= 11 is 8.28. The molecule has 0 aliphatic carbocycles. The molecule has 1 aliphatic heterocycles. The van der Waals surface area contributed by atoms with Crippen LogP contribution in [0.2, 0.25) is 5.02 Å². The third-order valence-corrected chi connectivity index (χ3v) is 7.55. The first-order valence-corrected chi connectivity index (χ1v) is 14.3. The number of hydrogen-bond donors (Lipinski definition) is 0. The van der Waals surface area contributed by atoms with Crippen molar-refractivity contribution in [3.8, 4) is 28.6 Å². The summed E-state index contributed by atoms with van der Waals surface area (Å²) in [5.41, 5.74) is 3.37. The van der Waals surface area contributed by atoms with Crippen molar-refractivity contribution in [1.29, 1.82) is 0 Å². The number of amides is 1. The first-order valence-electron chi connectivity index (χ1n) is 13.0. The number of hydrogen-bond acceptors (Lipinski definition) is 8. The highest BCUT2D eigenvalue weighted by Crippen LogP contribution is 2.46. The van der Waals surface area contributed by atoms with Crippen LogP contribution in [0.3, 0.4) is 0 Å². The predicted octanol–water partition coefficient (Wildman–Crippen LogP) is 7.12. The van der Waals surface area contributed by atoms with Crippen LogP contribution in [0.15, 0.2) is 71.9 Å². The van der Waals surface area contributed by atoms with Gasteiger partial charge in [-0.05, 0) is 30.2 Å². The number of methoxy groups -OCH3 is 1. The molecule has 1 aromatic heterocycles. The van der Waals surface area contributed by atoms with Crippen LogP contribution >= 0.6 is 23.4 Å². The van der Waals surface area contributed by atoms with Crippen molar-refractivity contribution in [3.05, 3.63) is 82.9 Å². The number of anilines is 1. The maximum atomic E-state index is 13.2. The van der Waals surface area contributed by atoms with E-state index in [-0.39, 0.29) is 11.8 Å². The molecule has 0 N–H and O–H groups in total. The Labute approximate surface area is 242 Å². The number of para-hydroxylation sites is 1. The van der Waals surface area contributed by atoms with E-state index in [1.165, 1.54) is 18.7 Å². The molecular formula is C30H29ClN4O4S. The van der Waals surface area contributed by atoms with Gasteiger partial charge in [-0.3, -0.25) is 9.69 Å². The minimum absolute atomic E-state index is 0.227. The van der Waals surface area contributed by atoms with Crippen molar-refractivity contribution in [1.82, 2.24) is 15.2 Å². The molecule has 3 aromatic carbocycles. The van der Waals surface area contributed by atoms with Gasteiger partial charge in [-0.2, -0.15) is 4.98 Å². The lowest BCUT2D eigenvalue weighted by Gasteiger charge is -2.30. The lowest BCUT2D eigenvalue weighted by atomic mass is 10.1. The van der Waals surface area contributed by atoms with Gasteiger partial charge in [0.25, 0.3) is 0 Å². The largest absolute Gasteiger partial charge is 0.493 e. The van der Waals surface area contributed by atoms with E-state index in [0.717, 1.165) is 24.2 Å². The number of benzene rings is 3. The van der Waals surface area contributed by atoms with Gasteiger partial charge in [0, 0.05) is 23.8 Å². The monoisotopic (exact) mass is 576 g/mol. The van der Waals surface area contributed by atoms with Crippen LogP contribution in [0.1, 0.15) is 44.0 Å². The molecule has 4 aromatic rings. The quantitative estimate of drug-likeness (QED) is 0.154. The van der Waals surface area contributed by atoms with E-state index in [2.05, 4.69) is 17.1 Å². The average Bonchev–Trinajstić information content (AvgIpc) is 3.11.